The van der Waals surface area contributed by atoms with Gasteiger partial charge in [0.05, 0.1) is 0 Å². The zero-order chi connectivity index (χ0) is 14.7. The quantitative estimate of drug-likeness (QED) is 0.747. The first-order chi connectivity index (χ1) is 9.47. The number of hydrogen-bond donors (Lipinski definition) is 3. The summed E-state index contributed by atoms with van der Waals surface area (Å²) in [7, 11) is 0. The van der Waals surface area contributed by atoms with E-state index in [1.165, 1.54) is 30.3 Å². The highest BCUT2D eigenvalue weighted by Gasteiger charge is 2.15. The molecule has 106 valence electrons. The molecule has 2 rings (SSSR count). The normalized spacial score (nSPS) is 13.9. The third-order valence-electron chi connectivity index (χ3n) is 3.33. The van der Waals surface area contributed by atoms with Gasteiger partial charge in [0, 0.05) is 17.6 Å². The van der Waals surface area contributed by atoms with Crippen molar-refractivity contribution in [3.05, 3.63) is 59.4 Å². The molecule has 0 aliphatic carbocycles. The second-order valence-electron chi connectivity index (χ2n) is 4.91. The van der Waals surface area contributed by atoms with E-state index in [0.717, 1.165) is 5.56 Å². The summed E-state index contributed by atoms with van der Waals surface area (Å²) >= 11 is 0. The van der Waals surface area contributed by atoms with Crippen molar-refractivity contribution >= 4 is 0 Å². The van der Waals surface area contributed by atoms with Crippen LogP contribution in [0, 0.1) is 5.82 Å². The van der Waals surface area contributed by atoms with E-state index in [4.69, 9.17) is 0 Å². The highest BCUT2D eigenvalue weighted by Crippen LogP contribution is 2.29. The molecule has 0 heterocycles. The maximum atomic E-state index is 13.2. The van der Waals surface area contributed by atoms with Gasteiger partial charge in [-0.3, -0.25) is 0 Å². The van der Waals surface area contributed by atoms with Crippen LogP contribution in [-0.4, -0.2) is 10.2 Å². The van der Waals surface area contributed by atoms with Gasteiger partial charge >= 0.3 is 0 Å². The Balaban J connectivity index is 2.15. The van der Waals surface area contributed by atoms with Gasteiger partial charge in [-0.05, 0) is 49.7 Å². The van der Waals surface area contributed by atoms with Crippen molar-refractivity contribution in [2.75, 3.05) is 0 Å². The van der Waals surface area contributed by atoms with Crippen LogP contribution in [0.15, 0.2) is 42.5 Å². The van der Waals surface area contributed by atoms with Gasteiger partial charge in [-0.1, -0.05) is 12.1 Å². The van der Waals surface area contributed by atoms with Crippen molar-refractivity contribution in [2.45, 2.75) is 25.9 Å². The highest BCUT2D eigenvalue weighted by molar-refractivity contribution is 5.40. The average molecular weight is 275 g/mol. The van der Waals surface area contributed by atoms with Crippen molar-refractivity contribution in [2.24, 2.45) is 0 Å². The molecule has 0 aliphatic rings. The minimum absolute atomic E-state index is 0.0811. The van der Waals surface area contributed by atoms with Crippen LogP contribution in [-0.2, 0) is 0 Å². The van der Waals surface area contributed by atoms with Crippen molar-refractivity contribution in [3.8, 4) is 11.5 Å². The minimum Gasteiger partial charge on any atom is -0.508 e. The molecule has 2 aromatic carbocycles. The summed E-state index contributed by atoms with van der Waals surface area (Å²) in [4.78, 5) is 0. The van der Waals surface area contributed by atoms with Gasteiger partial charge < -0.3 is 15.5 Å². The number of benzene rings is 2. The van der Waals surface area contributed by atoms with Crippen LogP contribution < -0.4 is 5.32 Å². The fourth-order valence-electron chi connectivity index (χ4n) is 2.23. The summed E-state index contributed by atoms with van der Waals surface area (Å²) in [6, 6.07) is 10.5. The molecule has 0 radical (unpaired) electrons. The molecule has 2 atom stereocenters. The SMILES string of the molecule is CC(N[C@H](C)c1cccc(F)c1)c1cc(O)ccc1O. The number of rotatable bonds is 4. The first kappa shape index (κ1) is 14.3. The molecule has 0 amide bonds. The number of phenolic OH excluding ortho intramolecular Hbond substituents is 2. The van der Waals surface area contributed by atoms with Gasteiger partial charge in [0.25, 0.3) is 0 Å². The van der Waals surface area contributed by atoms with E-state index in [9.17, 15) is 14.6 Å². The molecular formula is C16H18FNO2. The second-order valence-corrected chi connectivity index (χ2v) is 4.91. The zero-order valence-electron chi connectivity index (χ0n) is 11.5. The lowest BCUT2D eigenvalue weighted by atomic mass is 10.0. The van der Waals surface area contributed by atoms with Crippen LogP contribution in [0.3, 0.4) is 0 Å². The Morgan fingerprint density at radius 2 is 1.75 bits per heavy atom. The molecule has 0 aliphatic heterocycles. The van der Waals surface area contributed by atoms with E-state index in [2.05, 4.69) is 5.32 Å². The molecule has 3 N–H and O–H groups in total. The molecule has 0 aromatic heterocycles. The average Bonchev–Trinajstić information content (AvgIpc) is 2.41. The standard InChI is InChI=1S/C16H18FNO2/c1-10(12-4-3-5-13(17)8-12)18-11(2)15-9-14(19)6-7-16(15)20/h3-11,18-20H,1-2H3/t10-,11?/m1/s1. The van der Waals surface area contributed by atoms with E-state index >= 15 is 0 Å². The number of phenols is 2. The van der Waals surface area contributed by atoms with Gasteiger partial charge in [0.1, 0.15) is 17.3 Å². The molecule has 4 heteroatoms. The van der Waals surface area contributed by atoms with Crippen LogP contribution >= 0.6 is 0 Å². The smallest absolute Gasteiger partial charge is 0.123 e. The van der Waals surface area contributed by atoms with E-state index < -0.39 is 0 Å². The lowest BCUT2D eigenvalue weighted by molar-refractivity contribution is 0.429. The van der Waals surface area contributed by atoms with Crippen LogP contribution in [0.25, 0.3) is 0 Å². The third kappa shape index (κ3) is 3.27. The Labute approximate surface area is 117 Å². The van der Waals surface area contributed by atoms with Crippen molar-refractivity contribution in [3.63, 3.8) is 0 Å². The Bertz CT molecular complexity index is 601. The maximum absolute atomic E-state index is 13.2. The van der Waals surface area contributed by atoms with Crippen LogP contribution in [0.2, 0.25) is 0 Å². The Kier molecular flexibility index (Phi) is 4.25. The molecule has 0 bridgehead atoms. The fraction of sp³-hybridized carbons (Fsp3) is 0.250. The third-order valence-corrected chi connectivity index (χ3v) is 3.33. The summed E-state index contributed by atoms with van der Waals surface area (Å²) in [6.07, 6.45) is 0. The van der Waals surface area contributed by atoms with E-state index in [0.29, 0.717) is 5.56 Å². The molecule has 1 unspecified atom stereocenters. The van der Waals surface area contributed by atoms with Gasteiger partial charge in [-0.15, -0.1) is 0 Å². The number of aromatic hydroxyl groups is 2. The highest BCUT2D eigenvalue weighted by atomic mass is 19.1. The molecule has 3 nitrogen and oxygen atoms in total. The summed E-state index contributed by atoms with van der Waals surface area (Å²) < 4.78 is 13.2. The molecule has 0 saturated heterocycles. The lowest BCUT2D eigenvalue weighted by Crippen LogP contribution is -2.22. The summed E-state index contributed by atoms with van der Waals surface area (Å²) in [5.41, 5.74) is 1.43. The first-order valence-corrected chi connectivity index (χ1v) is 6.50. The second kappa shape index (κ2) is 5.92. The lowest BCUT2D eigenvalue weighted by Gasteiger charge is -2.21. The summed E-state index contributed by atoms with van der Waals surface area (Å²) in [6.45, 7) is 3.80. The Morgan fingerprint density at radius 1 is 1.00 bits per heavy atom. The molecule has 2 aromatic rings. The first-order valence-electron chi connectivity index (χ1n) is 6.50. The summed E-state index contributed by atoms with van der Waals surface area (Å²) in [5.74, 6) is -0.0527. The van der Waals surface area contributed by atoms with Crippen LogP contribution in [0.5, 0.6) is 11.5 Å². The Hall–Kier alpha value is -2.07. The van der Waals surface area contributed by atoms with Crippen molar-refractivity contribution < 1.29 is 14.6 Å². The number of hydrogen-bond acceptors (Lipinski definition) is 3. The minimum atomic E-state index is -0.274. The molecule has 0 spiro atoms. The predicted octanol–water partition coefficient (Wildman–Crippen LogP) is 3.65. The molecule has 0 saturated carbocycles. The van der Waals surface area contributed by atoms with Crippen LogP contribution in [0.1, 0.15) is 37.1 Å². The topological polar surface area (TPSA) is 52.5 Å². The van der Waals surface area contributed by atoms with E-state index in [1.807, 2.05) is 19.9 Å². The van der Waals surface area contributed by atoms with Gasteiger partial charge in [0.2, 0.25) is 0 Å². The molecular weight excluding hydrogens is 257 g/mol. The van der Waals surface area contributed by atoms with E-state index in [1.54, 1.807) is 6.07 Å². The molecule has 20 heavy (non-hydrogen) atoms. The van der Waals surface area contributed by atoms with Gasteiger partial charge in [-0.25, -0.2) is 4.39 Å². The monoisotopic (exact) mass is 275 g/mol. The molecule has 0 fully saturated rings. The van der Waals surface area contributed by atoms with E-state index in [-0.39, 0.29) is 29.4 Å². The number of nitrogens with one attached hydrogen (secondary N) is 1. The van der Waals surface area contributed by atoms with Gasteiger partial charge in [-0.2, -0.15) is 0 Å². The van der Waals surface area contributed by atoms with Gasteiger partial charge in [0.15, 0.2) is 0 Å². The maximum Gasteiger partial charge on any atom is 0.123 e. The van der Waals surface area contributed by atoms with Crippen molar-refractivity contribution in [1.82, 2.24) is 5.32 Å². The predicted molar refractivity (Wildman–Crippen MR) is 76.1 cm³/mol. The van der Waals surface area contributed by atoms with Crippen LogP contribution in [0.4, 0.5) is 4.39 Å². The summed E-state index contributed by atoms with van der Waals surface area (Å²) in [5, 5.41) is 22.6. The van der Waals surface area contributed by atoms with Crippen molar-refractivity contribution in [1.29, 1.82) is 0 Å². The number of halogens is 1. The Morgan fingerprint density at radius 3 is 2.45 bits per heavy atom. The largest absolute Gasteiger partial charge is 0.508 e. The fourth-order valence-corrected chi connectivity index (χ4v) is 2.23. The zero-order valence-corrected chi connectivity index (χ0v) is 11.5.